The molecule has 0 aromatic carbocycles. The fourth-order valence-corrected chi connectivity index (χ4v) is 1.83. The first-order chi connectivity index (χ1) is 4.52. The molecule has 4 heteroatoms. The van der Waals surface area contributed by atoms with Gasteiger partial charge in [0.1, 0.15) is 6.10 Å². The standard InChI is InChI=1S/C6H7ClF2O/c7-6-3-5(8,9)2-1-4(6)10-6/h4H,1-3H2. The molecule has 0 spiro atoms. The normalized spacial score (nSPS) is 50.1. The third-order valence-electron chi connectivity index (χ3n) is 2.03. The van der Waals surface area contributed by atoms with Crippen molar-refractivity contribution in [1.29, 1.82) is 0 Å². The summed E-state index contributed by atoms with van der Waals surface area (Å²) < 4.78 is 30.0. The van der Waals surface area contributed by atoms with E-state index in [4.69, 9.17) is 16.3 Å². The van der Waals surface area contributed by atoms with E-state index in [9.17, 15) is 8.78 Å². The number of hydrogen-bond acceptors (Lipinski definition) is 1. The van der Waals surface area contributed by atoms with Crippen molar-refractivity contribution in [3.05, 3.63) is 0 Å². The summed E-state index contributed by atoms with van der Waals surface area (Å²) in [7, 11) is 0. The van der Waals surface area contributed by atoms with E-state index in [1.54, 1.807) is 0 Å². The molecule has 0 radical (unpaired) electrons. The topological polar surface area (TPSA) is 12.5 Å². The number of fused-ring (bicyclic) bond motifs is 1. The van der Waals surface area contributed by atoms with Crippen molar-refractivity contribution in [3.8, 4) is 0 Å². The van der Waals surface area contributed by atoms with Crippen molar-refractivity contribution in [2.45, 2.75) is 36.3 Å². The largest absolute Gasteiger partial charge is 0.349 e. The van der Waals surface area contributed by atoms with Crippen molar-refractivity contribution < 1.29 is 13.5 Å². The molecule has 0 amide bonds. The Morgan fingerprint density at radius 1 is 1.50 bits per heavy atom. The van der Waals surface area contributed by atoms with Crippen LogP contribution in [0.5, 0.6) is 0 Å². The van der Waals surface area contributed by atoms with E-state index >= 15 is 0 Å². The Hall–Kier alpha value is 0.110. The second kappa shape index (κ2) is 1.64. The number of hydrogen-bond donors (Lipinski definition) is 0. The molecule has 1 saturated carbocycles. The lowest BCUT2D eigenvalue weighted by molar-refractivity contribution is -0.0321. The average molecular weight is 169 g/mol. The molecule has 0 bridgehead atoms. The summed E-state index contributed by atoms with van der Waals surface area (Å²) in [6.45, 7) is 0. The predicted molar refractivity (Wildman–Crippen MR) is 32.3 cm³/mol. The summed E-state index contributed by atoms with van der Waals surface area (Å²) in [5.74, 6) is -2.60. The Labute approximate surface area is 62.3 Å². The van der Waals surface area contributed by atoms with Crippen LogP contribution in [0.4, 0.5) is 8.78 Å². The molecular weight excluding hydrogens is 162 g/mol. The van der Waals surface area contributed by atoms with Gasteiger partial charge in [-0.15, -0.1) is 0 Å². The van der Waals surface area contributed by atoms with Crippen LogP contribution in [-0.2, 0) is 4.74 Å². The Bertz CT molecular complexity index is 170. The molecule has 1 aliphatic heterocycles. The zero-order chi connectivity index (χ0) is 7.41. The fourth-order valence-electron chi connectivity index (χ4n) is 1.42. The minimum Gasteiger partial charge on any atom is -0.349 e. The van der Waals surface area contributed by atoms with Crippen LogP contribution >= 0.6 is 11.6 Å². The summed E-state index contributed by atoms with van der Waals surface area (Å²) in [5, 5.41) is -0.998. The van der Waals surface area contributed by atoms with Crippen LogP contribution in [0, 0.1) is 0 Å². The highest BCUT2D eigenvalue weighted by Gasteiger charge is 2.63. The molecule has 1 heterocycles. The number of rotatable bonds is 0. The van der Waals surface area contributed by atoms with Gasteiger partial charge in [0.2, 0.25) is 0 Å². The first kappa shape index (κ1) is 6.80. The fraction of sp³-hybridized carbons (Fsp3) is 1.00. The zero-order valence-electron chi connectivity index (χ0n) is 5.24. The maximum atomic E-state index is 12.6. The maximum Gasteiger partial charge on any atom is 0.252 e. The molecule has 58 valence electrons. The van der Waals surface area contributed by atoms with E-state index in [0.717, 1.165) is 0 Å². The van der Waals surface area contributed by atoms with Gasteiger partial charge in [-0.3, -0.25) is 0 Å². The van der Waals surface area contributed by atoms with Crippen molar-refractivity contribution in [1.82, 2.24) is 0 Å². The second-order valence-electron chi connectivity index (χ2n) is 2.96. The number of alkyl halides is 3. The van der Waals surface area contributed by atoms with Gasteiger partial charge >= 0.3 is 0 Å². The first-order valence-corrected chi connectivity index (χ1v) is 3.64. The Balaban J connectivity index is 2.09. The monoisotopic (exact) mass is 168 g/mol. The number of ether oxygens (including phenoxy) is 1. The van der Waals surface area contributed by atoms with Gasteiger partial charge in [0.15, 0.2) is 5.06 Å². The van der Waals surface area contributed by atoms with Crippen LogP contribution in [0.25, 0.3) is 0 Å². The van der Waals surface area contributed by atoms with Crippen LogP contribution < -0.4 is 0 Å². The Morgan fingerprint density at radius 2 is 2.20 bits per heavy atom. The van der Waals surface area contributed by atoms with Crippen molar-refractivity contribution in [2.75, 3.05) is 0 Å². The number of halogens is 3. The van der Waals surface area contributed by atoms with Gasteiger partial charge in [-0.25, -0.2) is 8.78 Å². The summed E-state index contributed by atoms with van der Waals surface area (Å²) in [6.07, 6.45) is -0.0942. The minimum absolute atomic E-state index is 0.0772. The smallest absolute Gasteiger partial charge is 0.252 e. The SMILES string of the molecule is FC1(F)CCC2OC2(Cl)C1. The maximum absolute atomic E-state index is 12.6. The van der Waals surface area contributed by atoms with Crippen LogP contribution in [0.15, 0.2) is 0 Å². The van der Waals surface area contributed by atoms with Crippen LogP contribution in [0.1, 0.15) is 19.3 Å². The Morgan fingerprint density at radius 3 is 2.70 bits per heavy atom. The highest BCUT2D eigenvalue weighted by atomic mass is 35.5. The molecule has 2 atom stereocenters. The van der Waals surface area contributed by atoms with Gasteiger partial charge in [-0.2, -0.15) is 0 Å². The molecule has 1 nitrogen and oxygen atoms in total. The summed E-state index contributed by atoms with van der Waals surface area (Å²) in [6, 6.07) is 0. The molecule has 2 unspecified atom stereocenters. The third kappa shape index (κ3) is 0.920. The van der Waals surface area contributed by atoms with Gasteiger partial charge in [0.05, 0.1) is 6.42 Å². The lowest BCUT2D eigenvalue weighted by Gasteiger charge is -2.20. The Kier molecular flexibility index (Phi) is 1.12. The molecule has 1 saturated heterocycles. The van der Waals surface area contributed by atoms with Crippen molar-refractivity contribution >= 4 is 11.6 Å². The molecule has 2 aliphatic rings. The highest BCUT2D eigenvalue weighted by Crippen LogP contribution is 2.55. The van der Waals surface area contributed by atoms with Crippen LogP contribution in [0.3, 0.4) is 0 Å². The molecule has 10 heavy (non-hydrogen) atoms. The molecule has 2 rings (SSSR count). The first-order valence-electron chi connectivity index (χ1n) is 3.26. The van der Waals surface area contributed by atoms with Gasteiger partial charge < -0.3 is 4.74 Å². The van der Waals surface area contributed by atoms with E-state index < -0.39 is 11.0 Å². The average Bonchev–Trinajstić information content (AvgIpc) is 2.35. The summed E-state index contributed by atoms with van der Waals surface area (Å²) in [5.41, 5.74) is 0. The summed E-state index contributed by atoms with van der Waals surface area (Å²) in [4.78, 5) is 0. The molecule has 2 fully saturated rings. The van der Waals surface area contributed by atoms with Gasteiger partial charge in [-0.1, -0.05) is 11.6 Å². The van der Waals surface area contributed by atoms with E-state index in [2.05, 4.69) is 0 Å². The highest BCUT2D eigenvalue weighted by molar-refractivity contribution is 6.25. The third-order valence-corrected chi connectivity index (χ3v) is 2.50. The zero-order valence-corrected chi connectivity index (χ0v) is 6.00. The lowest BCUT2D eigenvalue weighted by Crippen LogP contribution is -2.29. The molecular formula is C6H7ClF2O. The number of epoxide rings is 1. The van der Waals surface area contributed by atoms with E-state index in [1.165, 1.54) is 0 Å². The van der Waals surface area contributed by atoms with E-state index in [0.29, 0.717) is 6.42 Å². The molecule has 0 aromatic heterocycles. The van der Waals surface area contributed by atoms with E-state index in [-0.39, 0.29) is 18.9 Å². The predicted octanol–water partition coefficient (Wildman–Crippen LogP) is 2.14. The second-order valence-corrected chi connectivity index (χ2v) is 3.60. The van der Waals surface area contributed by atoms with Crippen LogP contribution in [-0.4, -0.2) is 17.1 Å². The van der Waals surface area contributed by atoms with E-state index in [1.807, 2.05) is 0 Å². The molecule has 0 N–H and O–H groups in total. The van der Waals surface area contributed by atoms with Gasteiger partial charge in [0, 0.05) is 6.42 Å². The van der Waals surface area contributed by atoms with Gasteiger partial charge in [0.25, 0.3) is 5.92 Å². The molecule has 0 aromatic rings. The van der Waals surface area contributed by atoms with Crippen molar-refractivity contribution in [2.24, 2.45) is 0 Å². The van der Waals surface area contributed by atoms with Gasteiger partial charge in [-0.05, 0) is 6.42 Å². The molecule has 1 aliphatic carbocycles. The lowest BCUT2D eigenvalue weighted by atomic mass is 9.96. The quantitative estimate of drug-likeness (QED) is 0.399. The minimum atomic E-state index is -2.60. The van der Waals surface area contributed by atoms with Crippen LogP contribution in [0.2, 0.25) is 0 Å². The van der Waals surface area contributed by atoms with Crippen molar-refractivity contribution in [3.63, 3.8) is 0 Å². The summed E-state index contributed by atoms with van der Waals surface area (Å²) >= 11 is 5.63.